The normalized spacial score (nSPS) is 45.0. The van der Waals surface area contributed by atoms with Crippen LogP contribution in [0.3, 0.4) is 0 Å². The van der Waals surface area contributed by atoms with Gasteiger partial charge in [0.25, 0.3) is 0 Å². The largest absolute Gasteiger partial charge is 0.351 e. The van der Waals surface area contributed by atoms with E-state index in [1.807, 2.05) is 0 Å². The Morgan fingerprint density at radius 2 is 1.94 bits per heavy atom. The van der Waals surface area contributed by atoms with Gasteiger partial charge in [-0.1, -0.05) is 25.1 Å². The van der Waals surface area contributed by atoms with Crippen molar-refractivity contribution in [1.82, 2.24) is 5.32 Å². The van der Waals surface area contributed by atoms with E-state index < -0.39 is 0 Å². The SMILES string of the molecule is C=C(Cl)CNC(=O)C12CC3CC(CC(C)(C3)C1)C2. The molecule has 4 aliphatic carbocycles. The van der Waals surface area contributed by atoms with E-state index in [1.54, 1.807) is 0 Å². The molecule has 1 N–H and O–H groups in total. The number of hydrogen-bond donors (Lipinski definition) is 1. The molecule has 1 amide bonds. The second-order valence-corrected chi connectivity index (χ2v) is 7.79. The van der Waals surface area contributed by atoms with Gasteiger partial charge in [0.1, 0.15) is 0 Å². The van der Waals surface area contributed by atoms with Gasteiger partial charge in [-0.25, -0.2) is 0 Å². The van der Waals surface area contributed by atoms with Crippen molar-refractivity contribution >= 4 is 17.5 Å². The maximum atomic E-state index is 12.5. The fourth-order valence-electron chi connectivity index (χ4n) is 5.35. The summed E-state index contributed by atoms with van der Waals surface area (Å²) < 4.78 is 0. The first-order valence-electron chi connectivity index (χ1n) is 7.02. The van der Waals surface area contributed by atoms with E-state index in [0.717, 1.165) is 31.1 Å². The van der Waals surface area contributed by atoms with E-state index in [4.69, 9.17) is 11.6 Å². The van der Waals surface area contributed by atoms with E-state index in [0.29, 0.717) is 17.0 Å². The first-order valence-corrected chi connectivity index (χ1v) is 7.40. The van der Waals surface area contributed by atoms with Crippen molar-refractivity contribution in [2.24, 2.45) is 22.7 Å². The molecule has 4 bridgehead atoms. The summed E-state index contributed by atoms with van der Waals surface area (Å²) >= 11 is 5.75. The summed E-state index contributed by atoms with van der Waals surface area (Å²) in [5, 5.41) is 3.50. The summed E-state index contributed by atoms with van der Waals surface area (Å²) in [4.78, 5) is 12.5. The Hall–Kier alpha value is -0.500. The van der Waals surface area contributed by atoms with Crippen LogP contribution in [0.5, 0.6) is 0 Å². The summed E-state index contributed by atoms with van der Waals surface area (Å²) in [6.45, 7) is 6.43. The summed E-state index contributed by atoms with van der Waals surface area (Å²) in [6.07, 6.45) is 7.29. The quantitative estimate of drug-likeness (QED) is 0.834. The van der Waals surface area contributed by atoms with Crippen molar-refractivity contribution in [2.45, 2.75) is 45.4 Å². The molecule has 0 spiro atoms. The first-order chi connectivity index (χ1) is 8.41. The lowest BCUT2D eigenvalue weighted by Crippen LogP contribution is -2.56. The minimum Gasteiger partial charge on any atom is -0.351 e. The highest BCUT2D eigenvalue weighted by Gasteiger charge is 2.58. The second kappa shape index (κ2) is 4.00. The molecule has 4 fully saturated rings. The predicted molar refractivity (Wildman–Crippen MR) is 73.2 cm³/mol. The van der Waals surface area contributed by atoms with Crippen molar-refractivity contribution in [3.05, 3.63) is 11.6 Å². The van der Waals surface area contributed by atoms with Gasteiger partial charge in [-0.3, -0.25) is 4.79 Å². The molecule has 100 valence electrons. The predicted octanol–water partition coefficient (Wildman–Crippen LogP) is 3.46. The van der Waals surface area contributed by atoms with Crippen LogP contribution in [-0.4, -0.2) is 12.5 Å². The lowest BCUT2D eigenvalue weighted by Gasteiger charge is -2.60. The van der Waals surface area contributed by atoms with Gasteiger partial charge in [0.05, 0.1) is 12.0 Å². The van der Waals surface area contributed by atoms with Crippen molar-refractivity contribution in [2.75, 3.05) is 6.54 Å². The number of halogens is 1. The molecule has 0 saturated heterocycles. The third kappa shape index (κ3) is 1.99. The highest BCUT2D eigenvalue weighted by molar-refractivity contribution is 6.29. The maximum Gasteiger partial charge on any atom is 0.226 e. The van der Waals surface area contributed by atoms with Crippen LogP contribution in [0, 0.1) is 22.7 Å². The van der Waals surface area contributed by atoms with Crippen LogP contribution in [0.25, 0.3) is 0 Å². The van der Waals surface area contributed by atoms with Gasteiger partial charge in [-0.2, -0.15) is 0 Å². The van der Waals surface area contributed by atoms with Gasteiger partial charge in [-0.15, -0.1) is 0 Å². The topological polar surface area (TPSA) is 29.1 Å². The Morgan fingerprint density at radius 3 is 2.44 bits per heavy atom. The van der Waals surface area contributed by atoms with Crippen molar-refractivity contribution < 1.29 is 4.79 Å². The summed E-state index contributed by atoms with van der Waals surface area (Å²) in [5.41, 5.74) is 0.324. The van der Waals surface area contributed by atoms with E-state index >= 15 is 0 Å². The highest BCUT2D eigenvalue weighted by atomic mass is 35.5. The van der Waals surface area contributed by atoms with Crippen LogP contribution in [0.1, 0.15) is 45.4 Å². The smallest absolute Gasteiger partial charge is 0.226 e. The monoisotopic (exact) mass is 267 g/mol. The van der Waals surface area contributed by atoms with Crippen molar-refractivity contribution in [3.63, 3.8) is 0 Å². The van der Waals surface area contributed by atoms with E-state index in [9.17, 15) is 4.79 Å². The van der Waals surface area contributed by atoms with Gasteiger partial charge in [0.15, 0.2) is 0 Å². The van der Waals surface area contributed by atoms with E-state index in [1.165, 1.54) is 19.3 Å². The zero-order chi connectivity index (χ0) is 13.0. The van der Waals surface area contributed by atoms with Crippen LogP contribution >= 0.6 is 11.6 Å². The molecule has 0 radical (unpaired) electrons. The lowest BCUT2D eigenvalue weighted by atomic mass is 9.44. The Morgan fingerprint density at radius 1 is 1.33 bits per heavy atom. The molecule has 4 saturated carbocycles. The second-order valence-electron chi connectivity index (χ2n) is 7.25. The van der Waals surface area contributed by atoms with Crippen LogP contribution in [0.15, 0.2) is 11.6 Å². The van der Waals surface area contributed by atoms with Gasteiger partial charge in [0, 0.05) is 5.03 Å². The van der Waals surface area contributed by atoms with Crippen LogP contribution < -0.4 is 5.32 Å². The standard InChI is InChI=1S/C15H22ClNO/c1-10(16)8-17-13(18)15-6-11-3-12(7-15)5-14(2,4-11)9-15/h11-12H,1,3-9H2,2H3,(H,17,18). The molecule has 0 aromatic heterocycles. The first kappa shape index (κ1) is 12.5. The Bertz CT molecular complexity index is 389. The number of carbonyl (C=O) groups excluding carboxylic acids is 1. The fraction of sp³-hybridized carbons (Fsp3) is 0.800. The van der Waals surface area contributed by atoms with E-state index in [-0.39, 0.29) is 11.3 Å². The summed E-state index contributed by atoms with van der Waals surface area (Å²) in [7, 11) is 0. The number of rotatable bonds is 3. The number of nitrogens with one attached hydrogen (secondary N) is 1. The van der Waals surface area contributed by atoms with Crippen LogP contribution in [0.2, 0.25) is 0 Å². The Balaban J connectivity index is 1.78. The fourth-order valence-corrected chi connectivity index (χ4v) is 5.42. The molecule has 2 atom stereocenters. The molecule has 4 aliphatic rings. The van der Waals surface area contributed by atoms with Gasteiger partial charge in [0.2, 0.25) is 5.91 Å². The lowest BCUT2D eigenvalue weighted by molar-refractivity contribution is -0.155. The minimum absolute atomic E-state index is 0.0921. The minimum atomic E-state index is -0.0921. The average Bonchev–Trinajstić information content (AvgIpc) is 2.22. The third-order valence-corrected chi connectivity index (χ3v) is 5.41. The molecular formula is C15H22ClNO. The molecule has 0 heterocycles. The highest BCUT2D eigenvalue weighted by Crippen LogP contribution is 2.65. The van der Waals surface area contributed by atoms with Gasteiger partial charge < -0.3 is 5.32 Å². The van der Waals surface area contributed by atoms with Gasteiger partial charge >= 0.3 is 0 Å². The number of carbonyl (C=O) groups is 1. The van der Waals surface area contributed by atoms with Crippen molar-refractivity contribution in [1.29, 1.82) is 0 Å². The molecular weight excluding hydrogens is 246 g/mol. The zero-order valence-corrected chi connectivity index (χ0v) is 11.9. The molecule has 2 nitrogen and oxygen atoms in total. The molecule has 2 unspecified atom stereocenters. The van der Waals surface area contributed by atoms with E-state index in [2.05, 4.69) is 18.8 Å². The van der Waals surface area contributed by atoms with Crippen LogP contribution in [-0.2, 0) is 4.79 Å². The van der Waals surface area contributed by atoms with Crippen LogP contribution in [0.4, 0.5) is 0 Å². The third-order valence-electron chi connectivity index (χ3n) is 5.28. The number of amides is 1. The Labute approximate surface area is 114 Å². The summed E-state index contributed by atoms with van der Waals surface area (Å²) in [5.74, 6) is 1.78. The molecule has 0 aliphatic heterocycles. The average molecular weight is 268 g/mol. The number of hydrogen-bond acceptors (Lipinski definition) is 1. The van der Waals surface area contributed by atoms with Gasteiger partial charge in [-0.05, 0) is 55.8 Å². The molecule has 18 heavy (non-hydrogen) atoms. The molecule has 0 aromatic carbocycles. The molecule has 3 heteroatoms. The molecule has 0 aromatic rings. The Kier molecular flexibility index (Phi) is 2.78. The zero-order valence-electron chi connectivity index (χ0n) is 11.1. The van der Waals surface area contributed by atoms with Crippen molar-refractivity contribution in [3.8, 4) is 0 Å². The summed E-state index contributed by atoms with van der Waals surface area (Å²) in [6, 6.07) is 0. The maximum absolute atomic E-state index is 12.5. The molecule has 4 rings (SSSR count).